The Kier molecular flexibility index (Phi) is 5.48. The number of hydrogen-bond acceptors (Lipinski definition) is 4. The number of thioether (sulfide) groups is 1. The third kappa shape index (κ3) is 4.05. The Morgan fingerprint density at radius 1 is 1.12 bits per heavy atom. The second-order valence-corrected chi connectivity index (χ2v) is 8.36. The van der Waals surface area contributed by atoms with E-state index in [1.54, 1.807) is 11.8 Å². The Hall–Kier alpha value is -1.56. The number of urea groups is 1. The van der Waals surface area contributed by atoms with Crippen molar-refractivity contribution in [3.05, 3.63) is 12.1 Å². The molecule has 1 N–H and O–H groups in total. The van der Waals surface area contributed by atoms with Crippen molar-refractivity contribution in [2.75, 3.05) is 31.3 Å². The number of benzene rings is 1. The molecule has 0 aromatic heterocycles. The molecule has 1 aromatic carbocycles. The normalized spacial score (nSPS) is 19.9. The molecule has 2 fully saturated rings. The van der Waals surface area contributed by atoms with Gasteiger partial charge in [0.05, 0.1) is 5.69 Å². The molecular formula is C20H28N2O3S. The van der Waals surface area contributed by atoms with Gasteiger partial charge in [-0.2, -0.15) is 0 Å². The Bertz CT molecular complexity index is 657. The standard InChI is InChI=1S/C20H28N2O3S/c1-26-19-12-18-17(24-9-10-25-18)11-16(19)21-20(23)22(13-14-7-8-14)15-5-3-2-4-6-15/h11-12,14-15H,2-10,13H2,1H3,(H,21,23). The number of ether oxygens (including phenoxy) is 2. The Morgan fingerprint density at radius 3 is 2.46 bits per heavy atom. The van der Waals surface area contributed by atoms with Crippen LogP contribution in [0.2, 0.25) is 0 Å². The zero-order chi connectivity index (χ0) is 17.9. The van der Waals surface area contributed by atoms with Crippen molar-refractivity contribution in [3.63, 3.8) is 0 Å². The lowest BCUT2D eigenvalue weighted by molar-refractivity contribution is 0.163. The van der Waals surface area contributed by atoms with Gasteiger partial charge in [-0.25, -0.2) is 4.79 Å². The van der Waals surface area contributed by atoms with Crippen LogP contribution in [0.1, 0.15) is 44.9 Å². The average molecular weight is 377 g/mol. The average Bonchev–Trinajstić information content (AvgIpc) is 3.50. The summed E-state index contributed by atoms with van der Waals surface area (Å²) in [6, 6.07) is 4.31. The summed E-state index contributed by atoms with van der Waals surface area (Å²) < 4.78 is 11.4. The second-order valence-electron chi connectivity index (χ2n) is 7.51. The van der Waals surface area contributed by atoms with Gasteiger partial charge in [-0.15, -0.1) is 11.8 Å². The van der Waals surface area contributed by atoms with Crippen molar-refractivity contribution >= 4 is 23.5 Å². The molecule has 1 heterocycles. The van der Waals surface area contributed by atoms with Crippen LogP contribution in [-0.2, 0) is 0 Å². The molecule has 0 radical (unpaired) electrons. The first kappa shape index (κ1) is 17.8. The maximum Gasteiger partial charge on any atom is 0.322 e. The summed E-state index contributed by atoms with van der Waals surface area (Å²) in [4.78, 5) is 16.3. The van der Waals surface area contributed by atoms with Crippen LogP contribution in [-0.4, -0.2) is 43.0 Å². The first-order valence-electron chi connectivity index (χ1n) is 9.80. The van der Waals surface area contributed by atoms with E-state index in [1.807, 2.05) is 18.4 Å². The van der Waals surface area contributed by atoms with Crippen molar-refractivity contribution < 1.29 is 14.3 Å². The molecule has 2 aliphatic carbocycles. The van der Waals surface area contributed by atoms with Crippen LogP contribution < -0.4 is 14.8 Å². The van der Waals surface area contributed by atoms with Gasteiger partial charge < -0.3 is 19.7 Å². The van der Waals surface area contributed by atoms with Gasteiger partial charge in [-0.05, 0) is 43.9 Å². The highest BCUT2D eigenvalue weighted by Gasteiger charge is 2.32. The van der Waals surface area contributed by atoms with Gasteiger partial charge in [0, 0.05) is 23.5 Å². The van der Waals surface area contributed by atoms with E-state index in [9.17, 15) is 4.79 Å². The van der Waals surface area contributed by atoms with Crippen LogP contribution in [0.15, 0.2) is 17.0 Å². The predicted molar refractivity (Wildman–Crippen MR) is 105 cm³/mol. The zero-order valence-corrected chi connectivity index (χ0v) is 16.3. The number of nitrogens with zero attached hydrogens (tertiary/aromatic N) is 1. The van der Waals surface area contributed by atoms with Gasteiger partial charge in [0.2, 0.25) is 0 Å². The Morgan fingerprint density at radius 2 is 1.81 bits per heavy atom. The largest absolute Gasteiger partial charge is 0.486 e. The molecule has 3 aliphatic rings. The number of nitrogens with one attached hydrogen (secondary N) is 1. The summed E-state index contributed by atoms with van der Waals surface area (Å²) in [5.41, 5.74) is 0.823. The smallest absolute Gasteiger partial charge is 0.322 e. The minimum absolute atomic E-state index is 0.0378. The van der Waals surface area contributed by atoms with Crippen molar-refractivity contribution in [2.24, 2.45) is 5.92 Å². The predicted octanol–water partition coefficient (Wildman–Crippen LogP) is 4.76. The van der Waals surface area contributed by atoms with E-state index in [2.05, 4.69) is 10.2 Å². The first-order chi connectivity index (χ1) is 12.7. The molecule has 2 amide bonds. The Labute approximate surface area is 159 Å². The van der Waals surface area contributed by atoms with E-state index in [4.69, 9.17) is 9.47 Å². The van der Waals surface area contributed by atoms with Gasteiger partial charge >= 0.3 is 6.03 Å². The van der Waals surface area contributed by atoms with Crippen molar-refractivity contribution in [3.8, 4) is 11.5 Å². The Balaban J connectivity index is 1.52. The van der Waals surface area contributed by atoms with Crippen LogP contribution in [0, 0.1) is 5.92 Å². The van der Waals surface area contributed by atoms with Crippen molar-refractivity contribution in [2.45, 2.75) is 55.9 Å². The molecule has 26 heavy (non-hydrogen) atoms. The van der Waals surface area contributed by atoms with Gasteiger partial charge in [0.15, 0.2) is 11.5 Å². The van der Waals surface area contributed by atoms with Crippen LogP contribution in [0.25, 0.3) is 0 Å². The quantitative estimate of drug-likeness (QED) is 0.753. The summed E-state index contributed by atoms with van der Waals surface area (Å²) in [6.07, 6.45) is 10.6. The zero-order valence-electron chi connectivity index (χ0n) is 15.5. The second kappa shape index (κ2) is 7.99. The fourth-order valence-corrected chi connectivity index (χ4v) is 4.45. The maximum atomic E-state index is 13.1. The third-order valence-electron chi connectivity index (χ3n) is 5.53. The maximum absolute atomic E-state index is 13.1. The van der Waals surface area contributed by atoms with Crippen LogP contribution in [0.3, 0.4) is 0 Å². The molecule has 5 nitrogen and oxygen atoms in total. The minimum Gasteiger partial charge on any atom is -0.486 e. The van der Waals surface area contributed by atoms with E-state index >= 15 is 0 Å². The lowest BCUT2D eigenvalue weighted by Crippen LogP contribution is -2.45. The van der Waals surface area contributed by atoms with E-state index in [-0.39, 0.29) is 6.03 Å². The number of amides is 2. The number of rotatable bonds is 5. The lowest BCUT2D eigenvalue weighted by Gasteiger charge is -2.34. The van der Waals surface area contributed by atoms with Gasteiger partial charge in [0.1, 0.15) is 13.2 Å². The molecule has 6 heteroatoms. The molecule has 1 aromatic rings. The van der Waals surface area contributed by atoms with E-state index < -0.39 is 0 Å². The summed E-state index contributed by atoms with van der Waals surface area (Å²) in [7, 11) is 0. The van der Waals surface area contributed by atoms with Gasteiger partial charge in [0.25, 0.3) is 0 Å². The third-order valence-corrected chi connectivity index (χ3v) is 6.31. The first-order valence-corrected chi connectivity index (χ1v) is 11.0. The fraction of sp³-hybridized carbons (Fsp3) is 0.650. The number of fused-ring (bicyclic) bond motifs is 1. The summed E-state index contributed by atoms with van der Waals surface area (Å²) in [6.45, 7) is 2.02. The lowest BCUT2D eigenvalue weighted by atomic mass is 9.94. The highest BCUT2D eigenvalue weighted by molar-refractivity contribution is 7.98. The molecular weight excluding hydrogens is 348 g/mol. The van der Waals surface area contributed by atoms with Crippen LogP contribution >= 0.6 is 11.8 Å². The minimum atomic E-state index is 0.0378. The van der Waals surface area contributed by atoms with Crippen LogP contribution in [0.5, 0.6) is 11.5 Å². The number of anilines is 1. The molecule has 4 rings (SSSR count). The number of carbonyl (C=O) groups is 1. The molecule has 0 unspecified atom stereocenters. The van der Waals surface area contributed by atoms with E-state index in [0.717, 1.165) is 41.5 Å². The van der Waals surface area contributed by atoms with E-state index in [1.165, 1.54) is 32.1 Å². The van der Waals surface area contributed by atoms with Crippen LogP contribution in [0.4, 0.5) is 10.5 Å². The van der Waals surface area contributed by atoms with E-state index in [0.29, 0.717) is 25.2 Å². The molecule has 0 bridgehead atoms. The molecule has 0 saturated heterocycles. The highest BCUT2D eigenvalue weighted by atomic mass is 32.2. The fourth-order valence-electron chi connectivity index (χ4n) is 3.89. The number of hydrogen-bond donors (Lipinski definition) is 1. The molecule has 1 aliphatic heterocycles. The summed E-state index contributed by atoms with van der Waals surface area (Å²) >= 11 is 1.61. The highest BCUT2D eigenvalue weighted by Crippen LogP contribution is 2.40. The van der Waals surface area contributed by atoms with Crippen molar-refractivity contribution in [1.82, 2.24) is 4.90 Å². The van der Waals surface area contributed by atoms with Gasteiger partial charge in [-0.3, -0.25) is 0 Å². The van der Waals surface area contributed by atoms with Gasteiger partial charge in [-0.1, -0.05) is 19.3 Å². The molecule has 0 spiro atoms. The molecule has 142 valence electrons. The topological polar surface area (TPSA) is 50.8 Å². The monoisotopic (exact) mass is 376 g/mol. The summed E-state index contributed by atoms with van der Waals surface area (Å²) in [5, 5.41) is 3.17. The number of carbonyl (C=O) groups excluding carboxylic acids is 1. The molecule has 0 atom stereocenters. The van der Waals surface area contributed by atoms with Crippen molar-refractivity contribution in [1.29, 1.82) is 0 Å². The SMILES string of the molecule is CSc1cc2c(cc1NC(=O)N(CC1CC1)C1CCCCC1)OCCO2. The summed E-state index contributed by atoms with van der Waals surface area (Å²) in [5.74, 6) is 2.18. The molecule has 2 saturated carbocycles.